The Morgan fingerprint density at radius 3 is 2.97 bits per heavy atom. The molecule has 13 nitrogen and oxygen atoms in total. The minimum Gasteiger partial charge on any atom is -0.465 e. The summed E-state index contributed by atoms with van der Waals surface area (Å²) in [5.41, 5.74) is 6.07. The number of phosphoric acid groups is 1. The van der Waals surface area contributed by atoms with Crippen molar-refractivity contribution in [2.24, 2.45) is 4.99 Å². The maximum atomic E-state index is 13.3. The van der Waals surface area contributed by atoms with Crippen molar-refractivity contribution < 1.29 is 37.5 Å². The summed E-state index contributed by atoms with van der Waals surface area (Å²) in [6.07, 6.45) is -0.523. The molecule has 2 saturated heterocycles. The Bertz CT molecular complexity index is 1380. The normalized spacial score (nSPS) is 30.0. The van der Waals surface area contributed by atoms with Gasteiger partial charge in [-0.1, -0.05) is 18.2 Å². The van der Waals surface area contributed by atoms with Gasteiger partial charge in [0.15, 0.2) is 11.4 Å². The number of carbonyl (C=O) groups excluding carboxylic acids is 1. The van der Waals surface area contributed by atoms with Crippen molar-refractivity contribution in [2.45, 2.75) is 30.5 Å². The van der Waals surface area contributed by atoms with Crippen molar-refractivity contribution in [3.63, 3.8) is 0 Å². The second-order valence-electron chi connectivity index (χ2n) is 8.18. The Morgan fingerprint density at radius 1 is 1.39 bits per heavy atom. The molecule has 4 heterocycles. The molecule has 3 aromatic rings. The number of nitrogen functional groups attached to an aromatic ring is 1. The number of aliphatic hydroxyl groups is 1. The van der Waals surface area contributed by atoms with Crippen LogP contribution in [0.4, 0.5) is 5.82 Å². The Morgan fingerprint density at radius 2 is 2.19 bits per heavy atom. The molecule has 0 bridgehead atoms. The van der Waals surface area contributed by atoms with Gasteiger partial charge in [0.25, 0.3) is 0 Å². The number of nitrogens with zero attached hydrogens (tertiary/aromatic N) is 4. The summed E-state index contributed by atoms with van der Waals surface area (Å²) < 4.78 is 42.4. The van der Waals surface area contributed by atoms with Crippen molar-refractivity contribution in [1.29, 1.82) is 0 Å². The fourth-order valence-corrected chi connectivity index (χ4v) is 5.80. The van der Waals surface area contributed by atoms with E-state index in [-0.39, 0.29) is 24.6 Å². The molecule has 5 atom stereocenters. The molecule has 1 aromatic carbocycles. The number of rotatable bonds is 6. The van der Waals surface area contributed by atoms with Gasteiger partial charge in [-0.05, 0) is 23.8 Å². The lowest BCUT2D eigenvalue weighted by atomic mass is 9.92. The van der Waals surface area contributed by atoms with E-state index in [9.17, 15) is 14.5 Å². The number of aliphatic imine (C=N–C) groups is 1. The average Bonchev–Trinajstić information content (AvgIpc) is 3.44. The van der Waals surface area contributed by atoms with E-state index >= 15 is 0 Å². The van der Waals surface area contributed by atoms with Crippen LogP contribution in [0.3, 0.4) is 0 Å². The van der Waals surface area contributed by atoms with Crippen LogP contribution in [0.2, 0.25) is 0 Å². The van der Waals surface area contributed by atoms with Gasteiger partial charge in [0, 0.05) is 13.3 Å². The lowest BCUT2D eigenvalue weighted by Crippen LogP contribution is -2.44. The molecule has 0 radical (unpaired) electrons. The second-order valence-corrected chi connectivity index (χ2v) is 9.80. The molecule has 14 heteroatoms. The van der Waals surface area contributed by atoms with Gasteiger partial charge in [0.05, 0.1) is 31.6 Å². The molecule has 2 aliphatic heterocycles. The van der Waals surface area contributed by atoms with Crippen LogP contribution >= 0.6 is 7.82 Å². The summed E-state index contributed by atoms with van der Waals surface area (Å²) in [4.78, 5) is 20.1. The highest BCUT2D eigenvalue weighted by atomic mass is 31.2. The van der Waals surface area contributed by atoms with E-state index in [1.807, 2.05) is 0 Å². The Hall–Kier alpha value is -3.19. The molecule has 1 unspecified atom stereocenters. The van der Waals surface area contributed by atoms with Gasteiger partial charge in [0.1, 0.15) is 30.2 Å². The summed E-state index contributed by atoms with van der Waals surface area (Å²) in [6, 6.07) is 9.93. The molecular formula is C22H24N5O8P. The van der Waals surface area contributed by atoms with Crippen molar-refractivity contribution in [2.75, 3.05) is 26.5 Å². The van der Waals surface area contributed by atoms with Gasteiger partial charge in [-0.2, -0.15) is 5.10 Å². The monoisotopic (exact) mass is 517 g/mol. The highest BCUT2D eigenvalue weighted by Gasteiger charge is 2.61. The zero-order valence-electron chi connectivity index (χ0n) is 19.4. The zero-order valence-corrected chi connectivity index (χ0v) is 20.3. The van der Waals surface area contributed by atoms with Gasteiger partial charge in [-0.25, -0.2) is 18.9 Å². The number of esters is 1. The molecule has 0 amide bonds. The fourth-order valence-electron chi connectivity index (χ4n) is 4.43. The minimum absolute atomic E-state index is 0.183. The number of phosphoric ester groups is 1. The van der Waals surface area contributed by atoms with Gasteiger partial charge in [-0.3, -0.25) is 18.6 Å². The van der Waals surface area contributed by atoms with Crippen LogP contribution in [-0.4, -0.2) is 71.0 Å². The first kappa shape index (κ1) is 24.5. The van der Waals surface area contributed by atoms with Crippen molar-refractivity contribution in [3.05, 3.63) is 59.5 Å². The molecule has 2 fully saturated rings. The summed E-state index contributed by atoms with van der Waals surface area (Å²) in [5.74, 6) is -0.320. The number of aliphatic hydroxyl groups excluding tert-OH is 1. The summed E-state index contributed by atoms with van der Waals surface area (Å²) in [6.45, 7) is -0.435. The van der Waals surface area contributed by atoms with Crippen LogP contribution in [0.5, 0.6) is 0 Å². The minimum atomic E-state index is -4.14. The van der Waals surface area contributed by atoms with Crippen molar-refractivity contribution >= 4 is 31.3 Å². The lowest BCUT2D eigenvalue weighted by molar-refractivity contribution is -0.0727. The molecule has 0 spiro atoms. The molecule has 3 N–H and O–H groups in total. The highest BCUT2D eigenvalue weighted by molar-refractivity contribution is 7.48. The zero-order chi connectivity index (χ0) is 25.5. The van der Waals surface area contributed by atoms with Crippen LogP contribution in [-0.2, 0) is 39.8 Å². The maximum absolute atomic E-state index is 13.3. The summed E-state index contributed by atoms with van der Waals surface area (Å²) in [5, 5.41) is 15.6. The largest absolute Gasteiger partial charge is 0.475 e. The quantitative estimate of drug-likeness (QED) is 0.276. The van der Waals surface area contributed by atoms with Crippen LogP contribution in [0.25, 0.3) is 5.52 Å². The first-order valence-electron chi connectivity index (χ1n) is 10.9. The van der Waals surface area contributed by atoms with Crippen LogP contribution in [0, 0.1) is 0 Å². The maximum Gasteiger partial charge on any atom is 0.475 e. The molecule has 0 saturated carbocycles. The Balaban J connectivity index is 1.41. The third-order valence-corrected chi connectivity index (χ3v) is 7.53. The van der Waals surface area contributed by atoms with E-state index in [2.05, 4.69) is 15.1 Å². The highest BCUT2D eigenvalue weighted by Crippen LogP contribution is 2.58. The first-order valence-corrected chi connectivity index (χ1v) is 12.4. The third-order valence-electron chi connectivity index (χ3n) is 6.11. The number of benzene rings is 1. The topological polar surface area (TPSA) is 169 Å². The van der Waals surface area contributed by atoms with Gasteiger partial charge in [-0.15, -0.1) is 0 Å². The molecule has 2 aliphatic rings. The summed E-state index contributed by atoms with van der Waals surface area (Å²) in [7, 11) is -1.35. The molecule has 190 valence electrons. The molecule has 0 aliphatic carbocycles. The lowest BCUT2D eigenvalue weighted by Gasteiger charge is -2.31. The fraction of sp³-hybridized carbons (Fsp3) is 0.364. The van der Waals surface area contributed by atoms with E-state index in [0.29, 0.717) is 16.8 Å². The van der Waals surface area contributed by atoms with E-state index in [1.165, 1.54) is 31.2 Å². The van der Waals surface area contributed by atoms with Gasteiger partial charge >= 0.3 is 13.8 Å². The summed E-state index contributed by atoms with van der Waals surface area (Å²) >= 11 is 0. The molecule has 2 aromatic heterocycles. The Kier molecular flexibility index (Phi) is 6.37. The standard InChI is InChI=1S/C22H24N5O8P/c1-24-11-22(17-8-7-15-20(23)25-12-26-27(15)17)19(28)18-16(34-22)10-33-36(30,35-18)32-9-13-5-3-4-6-14(13)21(29)31-2/h3-8,11-12,16,18-19,28H,9-10H2,1-2H3,(H2,23,25,26)/t16-,18-,19-,22+,36?/m1/s1. The number of hydrogen-bond donors (Lipinski definition) is 2. The smallest absolute Gasteiger partial charge is 0.465 e. The first-order chi connectivity index (χ1) is 17.3. The Labute approximate surface area is 205 Å². The number of hydrogen-bond acceptors (Lipinski definition) is 12. The number of nitrogens with two attached hydrogens (primary N) is 1. The number of anilines is 1. The van der Waals surface area contributed by atoms with Crippen LogP contribution in [0.15, 0.2) is 47.7 Å². The second kappa shape index (κ2) is 9.36. The van der Waals surface area contributed by atoms with Crippen LogP contribution in [0.1, 0.15) is 21.6 Å². The number of carbonyl (C=O) groups is 1. The van der Waals surface area contributed by atoms with Crippen LogP contribution < -0.4 is 5.73 Å². The van der Waals surface area contributed by atoms with Crippen molar-refractivity contribution in [3.8, 4) is 0 Å². The third kappa shape index (κ3) is 3.99. The molecular weight excluding hydrogens is 493 g/mol. The number of methoxy groups -OCH3 is 1. The predicted octanol–water partition coefficient (Wildman–Crippen LogP) is 1.49. The average molecular weight is 517 g/mol. The van der Waals surface area contributed by atoms with E-state index in [4.69, 9.17) is 28.8 Å². The van der Waals surface area contributed by atoms with Gasteiger partial charge < -0.3 is 20.3 Å². The van der Waals surface area contributed by atoms with E-state index in [1.54, 1.807) is 36.4 Å². The number of aromatic nitrogens is 3. The number of fused-ring (bicyclic) bond motifs is 2. The number of ether oxygens (including phenoxy) is 2. The molecule has 36 heavy (non-hydrogen) atoms. The van der Waals surface area contributed by atoms with E-state index < -0.39 is 37.7 Å². The van der Waals surface area contributed by atoms with Crippen molar-refractivity contribution in [1.82, 2.24) is 14.6 Å². The van der Waals surface area contributed by atoms with E-state index in [0.717, 1.165) is 0 Å². The predicted molar refractivity (Wildman–Crippen MR) is 125 cm³/mol. The van der Waals surface area contributed by atoms with Gasteiger partial charge in [0.2, 0.25) is 0 Å². The SMILES string of the molecule is CN=C[C@@]1(c2ccc3c(N)ncnn23)O[C@@H]2COP(=O)(OCc3ccccc3C(=O)OC)O[C@H]2[C@H]1O. The molecule has 5 rings (SSSR count).